The number of halogens is 2. The van der Waals surface area contributed by atoms with Gasteiger partial charge in [-0.15, -0.1) is 12.4 Å². The lowest BCUT2D eigenvalue weighted by molar-refractivity contribution is 0.00450. The van der Waals surface area contributed by atoms with Gasteiger partial charge in [-0.2, -0.15) is 4.31 Å². The Morgan fingerprint density at radius 1 is 1.37 bits per heavy atom. The van der Waals surface area contributed by atoms with Gasteiger partial charge >= 0.3 is 0 Å². The molecule has 1 aromatic rings. The van der Waals surface area contributed by atoms with E-state index in [1.165, 1.54) is 16.4 Å². The van der Waals surface area contributed by atoms with Gasteiger partial charge in [-0.05, 0) is 24.3 Å². The van der Waals surface area contributed by atoms with Crippen molar-refractivity contribution < 1.29 is 17.5 Å². The Balaban J connectivity index is 0.00000180. The highest BCUT2D eigenvalue weighted by Gasteiger charge is 2.30. The third kappa shape index (κ3) is 3.64. The summed E-state index contributed by atoms with van der Waals surface area (Å²) in [6, 6.07) is 4.79. The van der Waals surface area contributed by atoms with Crippen LogP contribution in [0.1, 0.15) is 0 Å². The highest BCUT2D eigenvalue weighted by Crippen LogP contribution is 2.18. The van der Waals surface area contributed by atoms with Crippen molar-refractivity contribution >= 4 is 22.4 Å². The molecule has 1 unspecified atom stereocenters. The first-order valence-electron chi connectivity index (χ1n) is 5.61. The second-order valence-corrected chi connectivity index (χ2v) is 5.98. The van der Waals surface area contributed by atoms with Crippen LogP contribution in [0.2, 0.25) is 0 Å². The number of benzene rings is 1. The lowest BCUT2D eigenvalue weighted by atomic mass is 10.3. The molecule has 0 amide bonds. The monoisotopic (exact) mass is 310 g/mol. The normalized spacial score (nSPS) is 20.8. The van der Waals surface area contributed by atoms with Crippen molar-refractivity contribution in [3.63, 3.8) is 0 Å². The number of hydrogen-bond acceptors (Lipinski definition) is 4. The fourth-order valence-electron chi connectivity index (χ4n) is 1.81. The van der Waals surface area contributed by atoms with Crippen molar-refractivity contribution in [1.82, 2.24) is 4.31 Å². The molecule has 0 aromatic heterocycles. The Morgan fingerprint density at radius 3 is 2.58 bits per heavy atom. The third-order valence-electron chi connectivity index (χ3n) is 2.82. The maximum Gasteiger partial charge on any atom is 0.243 e. The molecule has 0 aliphatic carbocycles. The van der Waals surface area contributed by atoms with E-state index in [0.717, 1.165) is 12.1 Å². The van der Waals surface area contributed by atoms with Crippen LogP contribution in [0, 0.1) is 5.82 Å². The summed E-state index contributed by atoms with van der Waals surface area (Å²) in [5.41, 5.74) is 5.47. The van der Waals surface area contributed by atoms with E-state index in [9.17, 15) is 12.8 Å². The molecule has 5 nitrogen and oxygen atoms in total. The van der Waals surface area contributed by atoms with Crippen LogP contribution in [0.4, 0.5) is 4.39 Å². The van der Waals surface area contributed by atoms with Crippen molar-refractivity contribution in [2.24, 2.45) is 5.73 Å². The largest absolute Gasteiger partial charge is 0.374 e. The summed E-state index contributed by atoms with van der Waals surface area (Å²) in [6.07, 6.45) is -0.283. The Bertz CT molecular complexity index is 509. The molecule has 0 spiro atoms. The molecular weight excluding hydrogens is 295 g/mol. The maximum atomic E-state index is 12.8. The third-order valence-corrected chi connectivity index (χ3v) is 4.70. The number of morpholine rings is 1. The fraction of sp³-hybridized carbons (Fsp3) is 0.455. The molecule has 8 heteroatoms. The van der Waals surface area contributed by atoms with Crippen LogP contribution in [0.25, 0.3) is 0 Å². The number of hydrogen-bond donors (Lipinski definition) is 1. The Hall–Kier alpha value is -0.730. The van der Waals surface area contributed by atoms with E-state index in [4.69, 9.17) is 10.5 Å². The van der Waals surface area contributed by atoms with E-state index in [0.29, 0.717) is 6.61 Å². The Kier molecular flexibility index (Phi) is 5.69. The van der Waals surface area contributed by atoms with Crippen molar-refractivity contribution in [3.05, 3.63) is 30.1 Å². The van der Waals surface area contributed by atoms with Gasteiger partial charge in [-0.1, -0.05) is 0 Å². The van der Waals surface area contributed by atoms with Gasteiger partial charge in [0.25, 0.3) is 0 Å². The van der Waals surface area contributed by atoms with Gasteiger partial charge < -0.3 is 10.5 Å². The summed E-state index contributed by atoms with van der Waals surface area (Å²) in [5, 5.41) is 0. The van der Waals surface area contributed by atoms with Crippen LogP contribution in [-0.4, -0.2) is 45.1 Å². The molecule has 1 aromatic carbocycles. The van der Waals surface area contributed by atoms with Crippen molar-refractivity contribution in [1.29, 1.82) is 0 Å². The minimum Gasteiger partial charge on any atom is -0.374 e. The van der Waals surface area contributed by atoms with Gasteiger partial charge in [0.2, 0.25) is 10.0 Å². The minimum absolute atomic E-state index is 0. The van der Waals surface area contributed by atoms with Gasteiger partial charge in [0.1, 0.15) is 5.82 Å². The van der Waals surface area contributed by atoms with Crippen molar-refractivity contribution in [2.75, 3.05) is 26.2 Å². The van der Waals surface area contributed by atoms with E-state index in [1.807, 2.05) is 0 Å². The summed E-state index contributed by atoms with van der Waals surface area (Å²) in [5.74, 6) is -0.462. The first kappa shape index (κ1) is 16.3. The van der Waals surface area contributed by atoms with Crippen LogP contribution in [0.3, 0.4) is 0 Å². The predicted molar refractivity (Wildman–Crippen MR) is 71.2 cm³/mol. The highest BCUT2D eigenvalue weighted by molar-refractivity contribution is 7.89. The summed E-state index contributed by atoms with van der Waals surface area (Å²) < 4.78 is 44.0. The molecule has 2 N–H and O–H groups in total. The van der Waals surface area contributed by atoms with E-state index in [1.54, 1.807) is 0 Å². The SMILES string of the molecule is Cl.NCC1CN(S(=O)(=O)c2ccc(F)cc2)CCO1. The smallest absolute Gasteiger partial charge is 0.243 e. The molecule has 19 heavy (non-hydrogen) atoms. The van der Waals surface area contributed by atoms with Gasteiger partial charge in [0, 0.05) is 19.6 Å². The van der Waals surface area contributed by atoms with E-state index >= 15 is 0 Å². The molecule has 1 atom stereocenters. The van der Waals surface area contributed by atoms with Crippen LogP contribution in [0.15, 0.2) is 29.2 Å². The summed E-state index contributed by atoms with van der Waals surface area (Å²) in [7, 11) is -3.59. The first-order chi connectivity index (χ1) is 8.54. The number of nitrogens with zero attached hydrogens (tertiary/aromatic N) is 1. The van der Waals surface area contributed by atoms with Crippen molar-refractivity contribution in [3.8, 4) is 0 Å². The Labute approximate surface area is 118 Å². The van der Waals surface area contributed by atoms with Gasteiger partial charge in [-0.3, -0.25) is 0 Å². The Morgan fingerprint density at radius 2 is 2.00 bits per heavy atom. The molecule has 108 valence electrons. The van der Waals surface area contributed by atoms with Gasteiger partial charge in [0.05, 0.1) is 17.6 Å². The average Bonchev–Trinajstić information content (AvgIpc) is 2.39. The summed E-state index contributed by atoms with van der Waals surface area (Å²) >= 11 is 0. The molecular formula is C11H16ClFN2O3S. The zero-order valence-corrected chi connectivity index (χ0v) is 11.8. The molecule has 1 aliphatic heterocycles. The standard InChI is InChI=1S/C11H15FN2O3S.ClH/c12-9-1-3-11(4-2-9)18(15,16)14-5-6-17-10(7-13)8-14;/h1-4,10H,5-8,13H2;1H. The molecule has 2 rings (SSSR count). The van der Waals surface area contributed by atoms with E-state index in [-0.39, 0.29) is 43.0 Å². The first-order valence-corrected chi connectivity index (χ1v) is 7.05. The number of sulfonamides is 1. The van der Waals surface area contributed by atoms with Crippen LogP contribution in [0.5, 0.6) is 0 Å². The molecule has 1 heterocycles. The fourth-order valence-corrected chi connectivity index (χ4v) is 3.26. The lowest BCUT2D eigenvalue weighted by Gasteiger charge is -2.31. The molecule has 0 bridgehead atoms. The van der Waals surface area contributed by atoms with Gasteiger partial charge in [-0.25, -0.2) is 12.8 Å². The molecule has 0 radical (unpaired) electrons. The van der Waals surface area contributed by atoms with Crippen LogP contribution in [-0.2, 0) is 14.8 Å². The lowest BCUT2D eigenvalue weighted by Crippen LogP contribution is -2.48. The molecule has 1 saturated heterocycles. The van der Waals surface area contributed by atoms with Crippen LogP contribution < -0.4 is 5.73 Å². The second kappa shape index (κ2) is 6.62. The number of rotatable bonds is 3. The molecule has 1 fully saturated rings. The van der Waals surface area contributed by atoms with E-state index < -0.39 is 15.8 Å². The number of ether oxygens (including phenoxy) is 1. The van der Waals surface area contributed by atoms with Crippen molar-refractivity contribution in [2.45, 2.75) is 11.0 Å². The highest BCUT2D eigenvalue weighted by atomic mass is 35.5. The zero-order valence-electron chi connectivity index (χ0n) is 10.2. The van der Waals surface area contributed by atoms with Gasteiger partial charge in [0.15, 0.2) is 0 Å². The number of nitrogens with two attached hydrogens (primary N) is 1. The molecule has 0 saturated carbocycles. The topological polar surface area (TPSA) is 72.6 Å². The van der Waals surface area contributed by atoms with E-state index in [2.05, 4.69) is 0 Å². The maximum absolute atomic E-state index is 12.8. The second-order valence-electron chi connectivity index (χ2n) is 4.05. The zero-order chi connectivity index (χ0) is 13.2. The minimum atomic E-state index is -3.59. The summed E-state index contributed by atoms with van der Waals surface area (Å²) in [4.78, 5) is 0.0848. The summed E-state index contributed by atoms with van der Waals surface area (Å²) in [6.45, 7) is 1.12. The predicted octanol–water partition coefficient (Wildman–Crippen LogP) is 0.596. The van der Waals surface area contributed by atoms with Crippen LogP contribution >= 0.6 is 12.4 Å². The molecule has 1 aliphatic rings. The average molecular weight is 311 g/mol. The quantitative estimate of drug-likeness (QED) is 0.887.